The van der Waals surface area contributed by atoms with E-state index in [2.05, 4.69) is 22.2 Å². The fraction of sp³-hybridized carbons (Fsp3) is 0.429. The van der Waals surface area contributed by atoms with Crippen molar-refractivity contribution < 1.29 is 14.3 Å². The maximum absolute atomic E-state index is 12.4. The van der Waals surface area contributed by atoms with Gasteiger partial charge in [-0.15, -0.1) is 0 Å². The third-order valence-corrected chi connectivity index (χ3v) is 5.73. The molecule has 164 valence electrons. The van der Waals surface area contributed by atoms with Crippen molar-refractivity contribution in [3.8, 4) is 5.75 Å². The van der Waals surface area contributed by atoms with Gasteiger partial charge < -0.3 is 19.7 Å². The van der Waals surface area contributed by atoms with Gasteiger partial charge in [-0.1, -0.05) is 18.7 Å². The van der Waals surface area contributed by atoms with Crippen LogP contribution in [0.1, 0.15) is 17.3 Å². The lowest BCUT2D eigenvalue weighted by molar-refractivity contribution is 0.0952. The summed E-state index contributed by atoms with van der Waals surface area (Å²) in [5, 5.41) is 9.12. The van der Waals surface area contributed by atoms with Crippen LogP contribution in [-0.4, -0.2) is 71.4 Å². The summed E-state index contributed by atoms with van der Waals surface area (Å²) in [6, 6.07) is 7.03. The summed E-state index contributed by atoms with van der Waals surface area (Å²) in [5.74, 6) is 2.37. The Bertz CT molecular complexity index is 1030. The third-order valence-electron chi connectivity index (χ3n) is 5.00. The first-order chi connectivity index (χ1) is 15.2. The van der Waals surface area contributed by atoms with Crippen LogP contribution >= 0.6 is 11.8 Å². The number of nitrogens with one attached hydrogen (secondary N) is 1. The van der Waals surface area contributed by atoms with Crippen molar-refractivity contribution in [2.24, 2.45) is 0 Å². The predicted molar refractivity (Wildman–Crippen MR) is 120 cm³/mol. The smallest absolute Gasteiger partial charge is 0.251 e. The number of anilines is 1. The van der Waals surface area contributed by atoms with Crippen molar-refractivity contribution in [3.05, 3.63) is 36.0 Å². The van der Waals surface area contributed by atoms with Crippen molar-refractivity contribution >= 4 is 34.5 Å². The van der Waals surface area contributed by atoms with E-state index in [1.807, 2.05) is 10.9 Å². The van der Waals surface area contributed by atoms with E-state index >= 15 is 0 Å². The number of ether oxygens (including phenoxy) is 2. The third kappa shape index (κ3) is 4.91. The molecule has 9 nitrogen and oxygen atoms in total. The van der Waals surface area contributed by atoms with Crippen LogP contribution in [0.25, 0.3) is 11.0 Å². The molecule has 1 aliphatic heterocycles. The van der Waals surface area contributed by atoms with Gasteiger partial charge in [-0.3, -0.25) is 4.79 Å². The molecule has 0 aliphatic carbocycles. The average molecular weight is 443 g/mol. The van der Waals surface area contributed by atoms with Crippen LogP contribution in [0.5, 0.6) is 5.75 Å². The van der Waals surface area contributed by atoms with Gasteiger partial charge in [-0.2, -0.15) is 5.10 Å². The average Bonchev–Trinajstić information content (AvgIpc) is 3.22. The number of morpholine rings is 1. The van der Waals surface area contributed by atoms with Gasteiger partial charge in [0, 0.05) is 25.2 Å². The van der Waals surface area contributed by atoms with E-state index in [1.165, 1.54) is 0 Å². The van der Waals surface area contributed by atoms with Gasteiger partial charge in [-0.05, 0) is 30.0 Å². The van der Waals surface area contributed by atoms with Crippen LogP contribution in [0.2, 0.25) is 0 Å². The monoisotopic (exact) mass is 442 g/mol. The second kappa shape index (κ2) is 9.97. The number of thioether (sulfide) groups is 1. The number of nitrogens with zero attached hydrogens (tertiary/aromatic N) is 5. The Morgan fingerprint density at radius 2 is 2.00 bits per heavy atom. The fourth-order valence-electron chi connectivity index (χ4n) is 3.41. The van der Waals surface area contributed by atoms with Gasteiger partial charge in [0.25, 0.3) is 5.91 Å². The largest absolute Gasteiger partial charge is 0.497 e. The van der Waals surface area contributed by atoms with E-state index in [-0.39, 0.29) is 5.91 Å². The Morgan fingerprint density at radius 1 is 1.23 bits per heavy atom. The number of hydrogen-bond donors (Lipinski definition) is 1. The quantitative estimate of drug-likeness (QED) is 0.419. The van der Waals surface area contributed by atoms with Gasteiger partial charge in [0.2, 0.25) is 0 Å². The van der Waals surface area contributed by atoms with Crippen LogP contribution in [-0.2, 0) is 11.3 Å². The summed E-state index contributed by atoms with van der Waals surface area (Å²) in [6.07, 6.45) is 1.81. The Labute approximate surface area is 185 Å². The van der Waals surface area contributed by atoms with Gasteiger partial charge in [-0.25, -0.2) is 14.6 Å². The lowest BCUT2D eigenvalue weighted by Crippen LogP contribution is -2.37. The number of fused-ring (bicyclic) bond motifs is 1. The molecule has 1 aromatic carbocycles. The molecule has 0 radical (unpaired) electrons. The van der Waals surface area contributed by atoms with E-state index < -0.39 is 0 Å². The van der Waals surface area contributed by atoms with Crippen LogP contribution in [0, 0.1) is 0 Å². The molecule has 10 heteroatoms. The molecule has 31 heavy (non-hydrogen) atoms. The van der Waals surface area contributed by atoms with E-state index in [0.717, 1.165) is 46.6 Å². The maximum atomic E-state index is 12.4. The minimum atomic E-state index is -0.134. The van der Waals surface area contributed by atoms with Crippen molar-refractivity contribution in [1.82, 2.24) is 25.1 Å². The van der Waals surface area contributed by atoms with E-state index in [4.69, 9.17) is 19.4 Å². The molecule has 1 amide bonds. The molecule has 1 aliphatic rings. The standard InChI is InChI=1S/C21H26N6O3S/c1-3-31-21-24-18(26-10-12-30-13-11-26)17-14-23-27(19(17)25-21)9-8-22-20(28)15-4-6-16(29-2)7-5-15/h4-7,14H,3,8-13H2,1-2H3,(H,22,28). The summed E-state index contributed by atoms with van der Waals surface area (Å²) >= 11 is 1.61. The van der Waals surface area contributed by atoms with Crippen LogP contribution in [0.4, 0.5) is 5.82 Å². The summed E-state index contributed by atoms with van der Waals surface area (Å²) in [4.78, 5) is 24.1. The molecule has 0 atom stereocenters. The summed E-state index contributed by atoms with van der Waals surface area (Å²) in [5.41, 5.74) is 1.37. The van der Waals surface area contributed by atoms with E-state index in [0.29, 0.717) is 31.9 Å². The Hall–Kier alpha value is -2.85. The Balaban J connectivity index is 1.49. The molecular weight excluding hydrogens is 416 g/mol. The first-order valence-corrected chi connectivity index (χ1v) is 11.3. The number of methoxy groups -OCH3 is 1. The first-order valence-electron chi connectivity index (χ1n) is 10.3. The zero-order valence-corrected chi connectivity index (χ0v) is 18.5. The topological polar surface area (TPSA) is 94.4 Å². The van der Waals surface area contributed by atoms with Gasteiger partial charge in [0.05, 0.1) is 38.5 Å². The van der Waals surface area contributed by atoms with Crippen LogP contribution in [0.3, 0.4) is 0 Å². The van der Waals surface area contributed by atoms with Gasteiger partial charge >= 0.3 is 0 Å². The molecule has 1 saturated heterocycles. The number of benzene rings is 1. The zero-order chi connectivity index (χ0) is 21.6. The summed E-state index contributed by atoms with van der Waals surface area (Å²) < 4.78 is 12.4. The number of aromatic nitrogens is 4. The molecule has 4 rings (SSSR count). The molecule has 0 bridgehead atoms. The van der Waals surface area contributed by atoms with Gasteiger partial charge in [0.15, 0.2) is 10.8 Å². The highest BCUT2D eigenvalue weighted by molar-refractivity contribution is 7.99. The first kappa shape index (κ1) is 21.4. The molecule has 0 saturated carbocycles. The lowest BCUT2D eigenvalue weighted by atomic mass is 10.2. The summed E-state index contributed by atoms with van der Waals surface area (Å²) in [7, 11) is 1.60. The number of carbonyl (C=O) groups is 1. The normalized spacial score (nSPS) is 14.1. The van der Waals surface area contributed by atoms with Crippen molar-refractivity contribution in [1.29, 1.82) is 0 Å². The number of rotatable bonds is 8. The number of amides is 1. The molecule has 0 spiro atoms. The van der Waals surface area contributed by atoms with Crippen molar-refractivity contribution in [2.45, 2.75) is 18.6 Å². The molecule has 3 heterocycles. The molecule has 2 aromatic heterocycles. The minimum absolute atomic E-state index is 0.134. The maximum Gasteiger partial charge on any atom is 0.251 e. The number of carbonyl (C=O) groups excluding carboxylic acids is 1. The highest BCUT2D eigenvalue weighted by Gasteiger charge is 2.20. The zero-order valence-electron chi connectivity index (χ0n) is 17.7. The fourth-order valence-corrected chi connectivity index (χ4v) is 3.97. The molecule has 1 fully saturated rings. The summed E-state index contributed by atoms with van der Waals surface area (Å²) in [6.45, 7) is 6.01. The molecular formula is C21H26N6O3S. The van der Waals surface area contributed by atoms with Crippen LogP contribution in [0.15, 0.2) is 35.6 Å². The second-order valence-corrected chi connectivity index (χ2v) is 8.18. The Morgan fingerprint density at radius 3 is 2.71 bits per heavy atom. The second-order valence-electron chi connectivity index (χ2n) is 6.95. The molecule has 0 unspecified atom stereocenters. The predicted octanol–water partition coefficient (Wildman–Crippen LogP) is 2.21. The van der Waals surface area contributed by atoms with Crippen molar-refractivity contribution in [2.75, 3.05) is 50.6 Å². The lowest BCUT2D eigenvalue weighted by Gasteiger charge is -2.28. The molecule has 1 N–H and O–H groups in total. The van der Waals surface area contributed by atoms with Crippen LogP contribution < -0.4 is 15.0 Å². The highest BCUT2D eigenvalue weighted by atomic mass is 32.2. The minimum Gasteiger partial charge on any atom is -0.497 e. The van der Waals surface area contributed by atoms with Gasteiger partial charge in [0.1, 0.15) is 11.6 Å². The van der Waals surface area contributed by atoms with E-state index in [9.17, 15) is 4.79 Å². The van der Waals surface area contributed by atoms with E-state index in [1.54, 1.807) is 43.1 Å². The number of hydrogen-bond acceptors (Lipinski definition) is 8. The molecule has 3 aromatic rings. The highest BCUT2D eigenvalue weighted by Crippen LogP contribution is 2.27. The SMILES string of the molecule is CCSc1nc(N2CCOCC2)c2cnn(CCNC(=O)c3ccc(OC)cc3)c2n1. The van der Waals surface area contributed by atoms with Crippen molar-refractivity contribution in [3.63, 3.8) is 0 Å². The Kier molecular flexibility index (Phi) is 6.88.